The van der Waals surface area contributed by atoms with Gasteiger partial charge in [0.1, 0.15) is 5.82 Å². The van der Waals surface area contributed by atoms with Gasteiger partial charge in [0.15, 0.2) is 0 Å². The molecule has 2 nitrogen and oxygen atoms in total. The first-order chi connectivity index (χ1) is 12.3. The van der Waals surface area contributed by atoms with Gasteiger partial charge in [0, 0.05) is 6.61 Å². The lowest BCUT2D eigenvalue weighted by atomic mass is 9.97. The molecule has 1 saturated heterocycles. The fourth-order valence-corrected chi connectivity index (χ4v) is 3.45. The molecule has 1 aliphatic rings. The fourth-order valence-electron chi connectivity index (χ4n) is 3.45. The van der Waals surface area contributed by atoms with E-state index in [1.807, 2.05) is 0 Å². The molecule has 1 aliphatic heterocycles. The summed E-state index contributed by atoms with van der Waals surface area (Å²) in [5.41, 5.74) is 2.48. The Bertz CT molecular complexity index is 612. The number of likely N-dealkylation sites (tertiary alicyclic amines) is 1. The Kier molecular flexibility index (Phi) is 9.10. The standard InChI is InChI=1S/C22H28FNO.ClH/c23-22-10-8-20(9-11-22)17-25-18-21-12-15-24(16-13-21)14-4-7-19-5-2-1-3-6-19;/h1-3,5-6,8-11,21H,4,7,12-18H2;1H. The van der Waals surface area contributed by atoms with Crippen molar-refractivity contribution in [1.29, 1.82) is 0 Å². The van der Waals surface area contributed by atoms with Gasteiger partial charge in [-0.15, -0.1) is 12.4 Å². The van der Waals surface area contributed by atoms with Crippen LogP contribution in [-0.4, -0.2) is 31.1 Å². The largest absolute Gasteiger partial charge is 0.376 e. The normalized spacial score (nSPS) is 15.6. The van der Waals surface area contributed by atoms with E-state index in [9.17, 15) is 4.39 Å². The van der Waals surface area contributed by atoms with Crippen LogP contribution in [0.2, 0.25) is 0 Å². The lowest BCUT2D eigenvalue weighted by molar-refractivity contribution is 0.0575. The topological polar surface area (TPSA) is 12.5 Å². The van der Waals surface area contributed by atoms with Crippen LogP contribution in [0.3, 0.4) is 0 Å². The first-order valence-electron chi connectivity index (χ1n) is 9.38. The molecule has 1 fully saturated rings. The van der Waals surface area contributed by atoms with Gasteiger partial charge in [-0.25, -0.2) is 4.39 Å². The minimum atomic E-state index is -0.191. The maximum atomic E-state index is 12.9. The van der Waals surface area contributed by atoms with Gasteiger partial charge in [-0.3, -0.25) is 0 Å². The molecule has 0 aliphatic carbocycles. The van der Waals surface area contributed by atoms with E-state index in [0.29, 0.717) is 12.5 Å². The molecule has 0 saturated carbocycles. The minimum absolute atomic E-state index is 0. The molecule has 0 unspecified atom stereocenters. The molecule has 0 aromatic heterocycles. The van der Waals surface area contributed by atoms with E-state index in [0.717, 1.165) is 12.2 Å². The van der Waals surface area contributed by atoms with Crippen LogP contribution in [0.1, 0.15) is 30.4 Å². The Morgan fingerprint density at radius 2 is 1.62 bits per heavy atom. The molecule has 0 amide bonds. The van der Waals surface area contributed by atoms with E-state index in [-0.39, 0.29) is 18.2 Å². The van der Waals surface area contributed by atoms with E-state index in [2.05, 4.69) is 35.2 Å². The van der Waals surface area contributed by atoms with Crippen molar-refractivity contribution in [3.05, 3.63) is 71.5 Å². The molecule has 0 bridgehead atoms. The van der Waals surface area contributed by atoms with E-state index in [1.165, 1.54) is 63.0 Å². The van der Waals surface area contributed by atoms with Gasteiger partial charge in [0.05, 0.1) is 6.61 Å². The van der Waals surface area contributed by atoms with Crippen molar-refractivity contribution < 1.29 is 9.13 Å². The van der Waals surface area contributed by atoms with Gasteiger partial charge in [-0.05, 0) is 74.5 Å². The summed E-state index contributed by atoms with van der Waals surface area (Å²) >= 11 is 0. The van der Waals surface area contributed by atoms with Gasteiger partial charge in [-0.2, -0.15) is 0 Å². The Hall–Kier alpha value is -1.42. The van der Waals surface area contributed by atoms with Crippen LogP contribution in [0.5, 0.6) is 0 Å². The number of nitrogens with zero attached hydrogens (tertiary/aromatic N) is 1. The fraction of sp³-hybridized carbons (Fsp3) is 0.455. The third-order valence-electron chi connectivity index (χ3n) is 5.03. The zero-order chi connectivity index (χ0) is 17.3. The molecule has 26 heavy (non-hydrogen) atoms. The molecule has 2 aromatic rings. The highest BCUT2D eigenvalue weighted by atomic mass is 35.5. The average molecular weight is 378 g/mol. The Balaban J connectivity index is 0.00000243. The molecular weight excluding hydrogens is 349 g/mol. The summed E-state index contributed by atoms with van der Waals surface area (Å²) in [6, 6.07) is 17.3. The van der Waals surface area contributed by atoms with E-state index in [4.69, 9.17) is 4.74 Å². The molecular formula is C22H29ClFNO. The number of piperidine rings is 1. The smallest absolute Gasteiger partial charge is 0.123 e. The summed E-state index contributed by atoms with van der Waals surface area (Å²) in [5.74, 6) is 0.467. The first kappa shape index (κ1) is 20.9. The van der Waals surface area contributed by atoms with Gasteiger partial charge in [-0.1, -0.05) is 42.5 Å². The second kappa shape index (κ2) is 11.3. The highest BCUT2D eigenvalue weighted by Crippen LogP contribution is 2.18. The third kappa shape index (κ3) is 7.06. The minimum Gasteiger partial charge on any atom is -0.376 e. The Morgan fingerprint density at radius 3 is 2.31 bits per heavy atom. The van der Waals surface area contributed by atoms with Crippen LogP contribution >= 0.6 is 12.4 Å². The van der Waals surface area contributed by atoms with Gasteiger partial charge >= 0.3 is 0 Å². The predicted octanol–water partition coefficient (Wildman–Crippen LogP) is 5.11. The van der Waals surface area contributed by atoms with E-state index >= 15 is 0 Å². The second-order valence-corrected chi connectivity index (χ2v) is 7.02. The van der Waals surface area contributed by atoms with Crippen molar-refractivity contribution in [2.45, 2.75) is 32.3 Å². The molecule has 3 rings (SSSR count). The summed E-state index contributed by atoms with van der Waals surface area (Å²) in [4.78, 5) is 2.58. The van der Waals surface area contributed by atoms with Crippen LogP contribution in [0.25, 0.3) is 0 Å². The van der Waals surface area contributed by atoms with Crippen molar-refractivity contribution in [2.75, 3.05) is 26.2 Å². The second-order valence-electron chi connectivity index (χ2n) is 7.02. The average Bonchev–Trinajstić information content (AvgIpc) is 2.66. The number of rotatable bonds is 8. The number of benzene rings is 2. The Morgan fingerprint density at radius 1 is 0.923 bits per heavy atom. The SMILES string of the molecule is Cl.Fc1ccc(COCC2CCN(CCCc3ccccc3)CC2)cc1. The number of ether oxygens (including phenoxy) is 1. The van der Waals surface area contributed by atoms with Crippen LogP contribution in [0.15, 0.2) is 54.6 Å². The predicted molar refractivity (Wildman–Crippen MR) is 107 cm³/mol. The molecule has 4 heteroatoms. The zero-order valence-electron chi connectivity index (χ0n) is 15.3. The molecule has 0 atom stereocenters. The molecule has 0 spiro atoms. The van der Waals surface area contributed by atoms with Gasteiger partial charge in [0.25, 0.3) is 0 Å². The van der Waals surface area contributed by atoms with E-state index < -0.39 is 0 Å². The van der Waals surface area contributed by atoms with Crippen LogP contribution in [0, 0.1) is 11.7 Å². The number of hydrogen-bond donors (Lipinski definition) is 0. The monoisotopic (exact) mass is 377 g/mol. The van der Waals surface area contributed by atoms with Gasteiger partial charge in [0.2, 0.25) is 0 Å². The molecule has 0 radical (unpaired) electrons. The van der Waals surface area contributed by atoms with Crippen LogP contribution in [0.4, 0.5) is 4.39 Å². The quantitative estimate of drug-likeness (QED) is 0.633. The molecule has 0 N–H and O–H groups in total. The lowest BCUT2D eigenvalue weighted by Gasteiger charge is -2.31. The number of hydrogen-bond acceptors (Lipinski definition) is 2. The maximum Gasteiger partial charge on any atom is 0.123 e. The Labute approximate surface area is 162 Å². The summed E-state index contributed by atoms with van der Waals surface area (Å²) in [6.07, 6.45) is 4.83. The third-order valence-corrected chi connectivity index (χ3v) is 5.03. The first-order valence-corrected chi connectivity index (χ1v) is 9.38. The van der Waals surface area contributed by atoms with Gasteiger partial charge < -0.3 is 9.64 Å². The van der Waals surface area contributed by atoms with Crippen molar-refractivity contribution >= 4 is 12.4 Å². The lowest BCUT2D eigenvalue weighted by Crippen LogP contribution is -2.35. The summed E-state index contributed by atoms with van der Waals surface area (Å²) in [7, 11) is 0. The zero-order valence-corrected chi connectivity index (χ0v) is 16.1. The number of halogens is 2. The van der Waals surface area contributed by atoms with Crippen molar-refractivity contribution in [3.63, 3.8) is 0 Å². The maximum absolute atomic E-state index is 12.9. The van der Waals surface area contributed by atoms with E-state index in [1.54, 1.807) is 12.1 Å². The summed E-state index contributed by atoms with van der Waals surface area (Å²) in [6.45, 7) is 4.95. The van der Waals surface area contributed by atoms with Crippen molar-refractivity contribution in [2.24, 2.45) is 5.92 Å². The highest BCUT2D eigenvalue weighted by molar-refractivity contribution is 5.85. The summed E-state index contributed by atoms with van der Waals surface area (Å²) in [5, 5.41) is 0. The molecule has 2 aromatic carbocycles. The molecule has 1 heterocycles. The van der Waals surface area contributed by atoms with Crippen molar-refractivity contribution in [3.8, 4) is 0 Å². The van der Waals surface area contributed by atoms with Crippen LogP contribution < -0.4 is 0 Å². The van der Waals surface area contributed by atoms with Crippen LogP contribution in [-0.2, 0) is 17.8 Å². The highest BCUT2D eigenvalue weighted by Gasteiger charge is 2.18. The summed E-state index contributed by atoms with van der Waals surface area (Å²) < 4.78 is 18.7. The molecule has 142 valence electrons. The van der Waals surface area contributed by atoms with Crippen molar-refractivity contribution in [1.82, 2.24) is 4.90 Å². The number of aryl methyl sites for hydroxylation is 1.